The molecule has 3 amide bonds. The fourth-order valence-electron chi connectivity index (χ4n) is 6.24. The first kappa shape index (κ1) is 34.0. The van der Waals surface area contributed by atoms with Crippen LogP contribution in [0.4, 0.5) is 25.0 Å². The van der Waals surface area contributed by atoms with Gasteiger partial charge in [0.25, 0.3) is 5.91 Å². The van der Waals surface area contributed by atoms with Crippen molar-refractivity contribution < 1.29 is 31.5 Å². The summed E-state index contributed by atoms with van der Waals surface area (Å²) in [6.45, 7) is 4.61. The van der Waals surface area contributed by atoms with Crippen LogP contribution < -0.4 is 20.5 Å². The molecule has 11 nitrogen and oxygen atoms in total. The van der Waals surface area contributed by atoms with Crippen LogP contribution in [0.5, 0.6) is 11.6 Å². The van der Waals surface area contributed by atoms with E-state index in [1.165, 1.54) is 0 Å². The van der Waals surface area contributed by atoms with Crippen molar-refractivity contribution in [3.8, 4) is 11.6 Å². The summed E-state index contributed by atoms with van der Waals surface area (Å²) in [5, 5.41) is 2.57. The molecule has 1 aromatic heterocycles. The summed E-state index contributed by atoms with van der Waals surface area (Å²) in [6, 6.07) is 11.3. The fraction of sp³-hybridized carbons (Fsp3) is 0.424. The Morgan fingerprint density at radius 3 is 2.32 bits per heavy atom. The monoisotopic (exact) mass is 670 g/mol. The smallest absolute Gasteiger partial charge is 0.322 e. The van der Waals surface area contributed by atoms with Gasteiger partial charge in [0.1, 0.15) is 17.4 Å². The number of hydrogen-bond donors (Lipinski definition) is 3. The molecule has 0 bridgehead atoms. The predicted molar refractivity (Wildman–Crippen MR) is 175 cm³/mol. The minimum absolute atomic E-state index is 0.0695. The first-order valence-electron chi connectivity index (χ1n) is 15.7. The zero-order valence-electron chi connectivity index (χ0n) is 26.5. The molecule has 5 rings (SSSR count). The first-order valence-corrected chi connectivity index (χ1v) is 17.5. The second kappa shape index (κ2) is 14.6. The molecular weight excluding hydrogens is 630 g/mol. The van der Waals surface area contributed by atoms with E-state index >= 15 is 0 Å². The summed E-state index contributed by atoms with van der Waals surface area (Å²) >= 11 is 0. The number of aryl methyl sites for hydroxylation is 1. The van der Waals surface area contributed by atoms with Gasteiger partial charge in [-0.2, -0.15) is 0 Å². The molecule has 3 aromatic rings. The lowest BCUT2D eigenvalue weighted by Crippen LogP contribution is -2.50. The van der Waals surface area contributed by atoms with Crippen molar-refractivity contribution in [2.75, 3.05) is 35.9 Å². The molecule has 1 aliphatic carbocycles. The molecule has 2 aliphatic rings. The normalized spacial score (nSPS) is 16.2. The number of amides is 3. The highest BCUT2D eigenvalue weighted by Gasteiger charge is 2.31. The van der Waals surface area contributed by atoms with Gasteiger partial charge in [0, 0.05) is 55.7 Å². The SMILES string of the molecule is Cc1nc(Oc2ccc(NS(C)(=O)=O)cc2)ccc1CN1CCC(N(CC2CCCC2)C(=O)Nc2cc(C(N)=O)c(F)cc2F)CC1. The van der Waals surface area contributed by atoms with Crippen molar-refractivity contribution in [3.05, 3.63) is 77.0 Å². The quantitative estimate of drug-likeness (QED) is 0.240. The van der Waals surface area contributed by atoms with Crippen LogP contribution in [0.2, 0.25) is 0 Å². The van der Waals surface area contributed by atoms with Crippen molar-refractivity contribution in [2.45, 2.75) is 58.0 Å². The molecule has 1 aliphatic heterocycles. The number of benzene rings is 2. The molecule has 2 aromatic carbocycles. The maximum absolute atomic E-state index is 14.6. The van der Waals surface area contributed by atoms with Crippen molar-refractivity contribution in [3.63, 3.8) is 0 Å². The largest absolute Gasteiger partial charge is 0.439 e. The molecule has 0 radical (unpaired) electrons. The average Bonchev–Trinajstić information content (AvgIpc) is 3.53. The molecule has 0 atom stereocenters. The summed E-state index contributed by atoms with van der Waals surface area (Å²) in [7, 11) is -3.37. The maximum atomic E-state index is 14.6. The third kappa shape index (κ3) is 9.16. The number of pyridine rings is 1. The molecule has 1 saturated carbocycles. The third-order valence-electron chi connectivity index (χ3n) is 8.70. The van der Waals surface area contributed by atoms with Gasteiger partial charge in [-0.1, -0.05) is 18.9 Å². The average molecular weight is 671 g/mol. The topological polar surface area (TPSA) is 147 Å². The van der Waals surface area contributed by atoms with Crippen LogP contribution in [0.25, 0.3) is 0 Å². The number of likely N-dealkylation sites (tertiary alicyclic amines) is 1. The van der Waals surface area contributed by atoms with Crippen LogP contribution in [-0.2, 0) is 16.6 Å². The minimum Gasteiger partial charge on any atom is -0.439 e. The number of carbonyl (C=O) groups is 2. The van der Waals surface area contributed by atoms with Gasteiger partial charge in [-0.05, 0) is 74.4 Å². The maximum Gasteiger partial charge on any atom is 0.322 e. The number of nitrogens with zero attached hydrogens (tertiary/aromatic N) is 3. The van der Waals surface area contributed by atoms with Gasteiger partial charge >= 0.3 is 6.03 Å². The number of nitrogens with one attached hydrogen (secondary N) is 2. The first-order chi connectivity index (χ1) is 22.3. The number of hydrogen-bond acceptors (Lipinski definition) is 7. The number of anilines is 2. The van der Waals surface area contributed by atoms with Gasteiger partial charge in [-0.15, -0.1) is 0 Å². The van der Waals surface area contributed by atoms with Crippen molar-refractivity contribution in [1.82, 2.24) is 14.8 Å². The predicted octanol–water partition coefficient (Wildman–Crippen LogP) is 5.62. The summed E-state index contributed by atoms with van der Waals surface area (Å²) in [6.07, 6.45) is 6.80. The lowest BCUT2D eigenvalue weighted by molar-refractivity contribution is 0.0996. The molecule has 14 heteroatoms. The Bertz CT molecular complexity index is 1710. The van der Waals surface area contributed by atoms with E-state index in [9.17, 15) is 26.8 Å². The van der Waals surface area contributed by atoms with Gasteiger partial charge in [0.15, 0.2) is 0 Å². The highest BCUT2D eigenvalue weighted by atomic mass is 32.2. The number of aromatic nitrogens is 1. The Morgan fingerprint density at radius 2 is 1.70 bits per heavy atom. The van der Waals surface area contributed by atoms with Gasteiger partial charge in [0.05, 0.1) is 17.5 Å². The summed E-state index contributed by atoms with van der Waals surface area (Å²) in [4.78, 5) is 33.8. The number of nitrogens with two attached hydrogens (primary N) is 1. The van der Waals surface area contributed by atoms with Crippen molar-refractivity contribution in [1.29, 1.82) is 0 Å². The van der Waals surface area contributed by atoms with Crippen LogP contribution in [0, 0.1) is 24.5 Å². The lowest BCUT2D eigenvalue weighted by Gasteiger charge is -2.39. The van der Waals surface area contributed by atoms with E-state index in [1.807, 2.05) is 13.0 Å². The van der Waals surface area contributed by atoms with Gasteiger partial charge in [-0.25, -0.2) is 27.0 Å². The molecule has 0 spiro atoms. The van der Waals surface area contributed by atoms with Crippen LogP contribution in [0.15, 0.2) is 48.5 Å². The van der Waals surface area contributed by atoms with E-state index in [0.29, 0.717) is 42.4 Å². The van der Waals surface area contributed by atoms with Crippen molar-refractivity contribution >= 4 is 33.3 Å². The van der Waals surface area contributed by atoms with Gasteiger partial charge in [-0.3, -0.25) is 14.4 Å². The number of ether oxygens (including phenoxy) is 1. The number of halogens is 2. The molecule has 2 heterocycles. The van der Waals surface area contributed by atoms with Crippen molar-refractivity contribution in [2.24, 2.45) is 11.7 Å². The Morgan fingerprint density at radius 1 is 1.02 bits per heavy atom. The van der Waals surface area contributed by atoms with Gasteiger partial charge < -0.3 is 20.7 Å². The second-order valence-electron chi connectivity index (χ2n) is 12.3. The molecule has 47 heavy (non-hydrogen) atoms. The molecular formula is C33H40F2N6O5S. The summed E-state index contributed by atoms with van der Waals surface area (Å²) in [5.74, 6) is -1.80. The Hall–Kier alpha value is -4.30. The van der Waals surface area contributed by atoms with E-state index in [2.05, 4.69) is 19.9 Å². The zero-order chi connectivity index (χ0) is 33.7. The van der Waals surface area contributed by atoms with E-state index < -0.39 is 39.2 Å². The number of sulfonamides is 1. The highest BCUT2D eigenvalue weighted by molar-refractivity contribution is 7.92. The number of piperidine rings is 1. The Kier molecular flexibility index (Phi) is 10.6. The molecule has 1 saturated heterocycles. The highest BCUT2D eigenvalue weighted by Crippen LogP contribution is 2.30. The minimum atomic E-state index is -3.37. The second-order valence-corrected chi connectivity index (χ2v) is 14.1. The van der Waals surface area contributed by atoms with E-state index in [4.69, 9.17) is 10.5 Å². The van der Waals surface area contributed by atoms with Crippen LogP contribution in [-0.4, -0.2) is 67.1 Å². The lowest BCUT2D eigenvalue weighted by atomic mass is 10.00. The number of primary amides is 1. The Labute approximate surface area is 273 Å². The molecule has 4 N–H and O–H groups in total. The standard InChI is InChI=1S/C33H40F2N6O5S/c1-21-23(7-12-31(37-21)46-26-10-8-24(9-11-26)39-47(2,44)45)20-40-15-13-25(14-16-40)41(19-22-5-3-4-6-22)33(43)38-30-17-27(32(36)42)28(34)18-29(30)35/h7-12,17-18,22,25,39H,3-6,13-16,19-20H2,1-2H3,(H2,36,42)(H,38,43). The Balaban J connectivity index is 1.20. The van der Waals surface area contributed by atoms with E-state index in [-0.39, 0.29) is 11.7 Å². The molecule has 252 valence electrons. The molecule has 2 fully saturated rings. The summed E-state index contributed by atoms with van der Waals surface area (Å²) in [5.41, 5.74) is 6.76. The van der Waals surface area contributed by atoms with Crippen LogP contribution >= 0.6 is 0 Å². The van der Waals surface area contributed by atoms with Crippen LogP contribution in [0.3, 0.4) is 0 Å². The number of carbonyl (C=O) groups excluding carboxylic acids is 2. The zero-order valence-corrected chi connectivity index (χ0v) is 27.3. The van der Waals surface area contributed by atoms with E-state index in [0.717, 1.165) is 75.2 Å². The molecule has 0 unspecified atom stereocenters. The fourth-order valence-corrected chi connectivity index (χ4v) is 6.80. The van der Waals surface area contributed by atoms with Gasteiger partial charge in [0.2, 0.25) is 15.9 Å². The van der Waals surface area contributed by atoms with E-state index in [1.54, 1.807) is 35.2 Å². The number of rotatable bonds is 11. The van der Waals surface area contributed by atoms with Crippen LogP contribution in [0.1, 0.15) is 60.1 Å². The summed E-state index contributed by atoms with van der Waals surface area (Å²) < 4.78 is 59.7. The number of urea groups is 1. The third-order valence-corrected chi connectivity index (χ3v) is 9.30.